The van der Waals surface area contributed by atoms with Gasteiger partial charge in [0.15, 0.2) is 9.84 Å². The van der Waals surface area contributed by atoms with Gasteiger partial charge >= 0.3 is 0 Å². The van der Waals surface area contributed by atoms with Crippen molar-refractivity contribution in [3.05, 3.63) is 0 Å². The van der Waals surface area contributed by atoms with Crippen molar-refractivity contribution in [2.24, 2.45) is 17.8 Å². The predicted molar refractivity (Wildman–Crippen MR) is 61.4 cm³/mol. The van der Waals surface area contributed by atoms with E-state index in [2.05, 4.69) is 13.8 Å². The van der Waals surface area contributed by atoms with Crippen molar-refractivity contribution in [3.63, 3.8) is 0 Å². The SMILES string of the molecule is CCC(C)CC(CO)C1CCS(=O)(=O)C1. The molecule has 0 amide bonds. The lowest BCUT2D eigenvalue weighted by molar-refractivity contribution is 0.159. The molecule has 1 aliphatic heterocycles. The molecule has 0 aromatic heterocycles. The van der Waals surface area contributed by atoms with Gasteiger partial charge in [-0.2, -0.15) is 0 Å². The topological polar surface area (TPSA) is 54.4 Å². The molecule has 1 saturated heterocycles. The van der Waals surface area contributed by atoms with Gasteiger partial charge in [0, 0.05) is 6.61 Å². The summed E-state index contributed by atoms with van der Waals surface area (Å²) in [6.45, 7) is 4.42. The Bertz CT molecular complexity index is 284. The van der Waals surface area contributed by atoms with Crippen LogP contribution in [0.1, 0.15) is 33.1 Å². The molecule has 1 fully saturated rings. The van der Waals surface area contributed by atoms with Crippen LogP contribution < -0.4 is 0 Å². The fraction of sp³-hybridized carbons (Fsp3) is 1.00. The molecule has 0 spiro atoms. The number of hydrogen-bond donors (Lipinski definition) is 1. The van der Waals surface area contributed by atoms with Gasteiger partial charge in [-0.25, -0.2) is 8.42 Å². The van der Waals surface area contributed by atoms with Crippen molar-refractivity contribution < 1.29 is 13.5 Å². The molecule has 15 heavy (non-hydrogen) atoms. The summed E-state index contributed by atoms with van der Waals surface area (Å²) in [4.78, 5) is 0. The van der Waals surface area contributed by atoms with Crippen molar-refractivity contribution in [3.8, 4) is 0 Å². The smallest absolute Gasteiger partial charge is 0.150 e. The quantitative estimate of drug-likeness (QED) is 0.783. The first kappa shape index (κ1) is 13.0. The minimum Gasteiger partial charge on any atom is -0.396 e. The predicted octanol–water partition coefficient (Wildman–Crippen LogP) is 1.47. The Balaban J connectivity index is 2.53. The Kier molecular flexibility index (Phi) is 4.59. The molecule has 0 aromatic carbocycles. The van der Waals surface area contributed by atoms with Gasteiger partial charge in [-0.3, -0.25) is 0 Å². The average Bonchev–Trinajstić information content (AvgIpc) is 2.54. The van der Waals surface area contributed by atoms with E-state index in [1.165, 1.54) is 0 Å². The molecule has 1 aliphatic rings. The van der Waals surface area contributed by atoms with Crippen molar-refractivity contribution in [2.75, 3.05) is 18.1 Å². The van der Waals surface area contributed by atoms with Gasteiger partial charge in [0.1, 0.15) is 0 Å². The van der Waals surface area contributed by atoms with Gasteiger partial charge in [0.05, 0.1) is 11.5 Å². The highest BCUT2D eigenvalue weighted by Gasteiger charge is 2.33. The van der Waals surface area contributed by atoms with E-state index in [4.69, 9.17) is 0 Å². The summed E-state index contributed by atoms with van der Waals surface area (Å²) in [5.41, 5.74) is 0. The highest BCUT2D eigenvalue weighted by atomic mass is 32.2. The van der Waals surface area contributed by atoms with E-state index in [1.807, 2.05) is 0 Å². The van der Waals surface area contributed by atoms with E-state index < -0.39 is 9.84 Å². The molecule has 1 heterocycles. The zero-order valence-electron chi connectivity index (χ0n) is 9.65. The maximum absolute atomic E-state index is 11.3. The Hall–Kier alpha value is -0.0900. The minimum absolute atomic E-state index is 0.129. The highest BCUT2D eigenvalue weighted by Crippen LogP contribution is 2.30. The molecular weight excluding hydrogens is 212 g/mol. The van der Waals surface area contributed by atoms with E-state index in [0.29, 0.717) is 11.7 Å². The number of aliphatic hydroxyl groups is 1. The van der Waals surface area contributed by atoms with Crippen molar-refractivity contribution in [1.82, 2.24) is 0 Å². The second-order valence-electron chi connectivity index (χ2n) is 4.85. The zero-order valence-corrected chi connectivity index (χ0v) is 10.5. The maximum Gasteiger partial charge on any atom is 0.150 e. The molecule has 0 radical (unpaired) electrons. The Morgan fingerprint density at radius 1 is 1.47 bits per heavy atom. The molecule has 0 saturated carbocycles. The van der Waals surface area contributed by atoms with E-state index in [9.17, 15) is 13.5 Å². The summed E-state index contributed by atoms with van der Waals surface area (Å²) in [5, 5.41) is 9.31. The third-order valence-corrected chi connectivity index (χ3v) is 5.36. The molecule has 1 N–H and O–H groups in total. The number of rotatable bonds is 5. The van der Waals surface area contributed by atoms with E-state index >= 15 is 0 Å². The van der Waals surface area contributed by atoms with Gasteiger partial charge in [-0.15, -0.1) is 0 Å². The lowest BCUT2D eigenvalue weighted by Gasteiger charge is -2.23. The van der Waals surface area contributed by atoms with Crippen LogP contribution in [0.2, 0.25) is 0 Å². The van der Waals surface area contributed by atoms with E-state index in [-0.39, 0.29) is 24.2 Å². The first-order valence-electron chi connectivity index (χ1n) is 5.79. The molecule has 0 bridgehead atoms. The molecule has 1 rings (SSSR count). The maximum atomic E-state index is 11.3. The molecule has 3 atom stereocenters. The van der Waals surface area contributed by atoms with Crippen LogP contribution in [-0.4, -0.2) is 31.6 Å². The fourth-order valence-corrected chi connectivity index (χ4v) is 4.21. The largest absolute Gasteiger partial charge is 0.396 e. The van der Waals surface area contributed by atoms with Crippen LogP contribution in [0.3, 0.4) is 0 Å². The van der Waals surface area contributed by atoms with E-state index in [1.54, 1.807) is 0 Å². The molecule has 90 valence electrons. The third kappa shape index (κ3) is 3.76. The van der Waals surface area contributed by atoms with Gasteiger partial charge in [0.25, 0.3) is 0 Å². The van der Waals surface area contributed by atoms with Crippen LogP contribution in [0.4, 0.5) is 0 Å². The fourth-order valence-electron chi connectivity index (χ4n) is 2.30. The lowest BCUT2D eigenvalue weighted by Crippen LogP contribution is -2.22. The van der Waals surface area contributed by atoms with Gasteiger partial charge < -0.3 is 5.11 Å². The Labute approximate surface area is 92.8 Å². The summed E-state index contributed by atoms with van der Waals surface area (Å²) in [7, 11) is -2.80. The Morgan fingerprint density at radius 2 is 2.13 bits per heavy atom. The molecule has 3 unspecified atom stereocenters. The van der Waals surface area contributed by atoms with Crippen LogP contribution in [0.5, 0.6) is 0 Å². The average molecular weight is 234 g/mol. The standard InChI is InChI=1S/C11H22O3S/c1-3-9(2)6-11(7-12)10-4-5-15(13,14)8-10/h9-12H,3-8H2,1-2H3. The molecular formula is C11H22O3S. The van der Waals surface area contributed by atoms with Crippen molar-refractivity contribution in [2.45, 2.75) is 33.1 Å². The van der Waals surface area contributed by atoms with Crippen LogP contribution in [-0.2, 0) is 9.84 Å². The number of aliphatic hydroxyl groups excluding tert-OH is 1. The Morgan fingerprint density at radius 3 is 2.53 bits per heavy atom. The normalized spacial score (nSPS) is 28.9. The van der Waals surface area contributed by atoms with Gasteiger partial charge in [-0.1, -0.05) is 20.3 Å². The third-order valence-electron chi connectivity index (χ3n) is 3.57. The summed E-state index contributed by atoms with van der Waals surface area (Å²) in [5.74, 6) is 1.54. The van der Waals surface area contributed by atoms with Crippen molar-refractivity contribution >= 4 is 9.84 Å². The van der Waals surface area contributed by atoms with Crippen LogP contribution >= 0.6 is 0 Å². The van der Waals surface area contributed by atoms with Gasteiger partial charge in [-0.05, 0) is 30.6 Å². The first-order chi connectivity index (χ1) is 6.98. The minimum atomic E-state index is -2.80. The molecule has 3 nitrogen and oxygen atoms in total. The van der Waals surface area contributed by atoms with Crippen LogP contribution in [0, 0.1) is 17.8 Å². The van der Waals surface area contributed by atoms with Crippen molar-refractivity contribution in [1.29, 1.82) is 0 Å². The number of hydrogen-bond acceptors (Lipinski definition) is 3. The second kappa shape index (κ2) is 5.30. The second-order valence-corrected chi connectivity index (χ2v) is 7.08. The lowest BCUT2D eigenvalue weighted by atomic mass is 9.84. The van der Waals surface area contributed by atoms with Crippen LogP contribution in [0.25, 0.3) is 0 Å². The number of sulfone groups is 1. The summed E-state index contributed by atoms with van der Waals surface area (Å²) in [6, 6.07) is 0. The first-order valence-corrected chi connectivity index (χ1v) is 7.62. The highest BCUT2D eigenvalue weighted by molar-refractivity contribution is 7.91. The van der Waals surface area contributed by atoms with E-state index in [0.717, 1.165) is 19.3 Å². The summed E-state index contributed by atoms with van der Waals surface area (Å²) < 4.78 is 22.7. The zero-order chi connectivity index (χ0) is 11.5. The molecule has 0 aromatic rings. The summed E-state index contributed by atoms with van der Waals surface area (Å²) in [6.07, 6.45) is 2.78. The summed E-state index contributed by atoms with van der Waals surface area (Å²) >= 11 is 0. The van der Waals surface area contributed by atoms with Crippen LogP contribution in [0.15, 0.2) is 0 Å². The monoisotopic (exact) mass is 234 g/mol. The van der Waals surface area contributed by atoms with Gasteiger partial charge in [0.2, 0.25) is 0 Å². The molecule has 0 aliphatic carbocycles. The molecule has 4 heteroatoms.